The van der Waals surface area contributed by atoms with Crippen LogP contribution in [0, 0.1) is 5.82 Å². The minimum Gasteiger partial charge on any atom is -0.313 e. The molecule has 1 aromatic heterocycles. The summed E-state index contributed by atoms with van der Waals surface area (Å²) >= 11 is 1.66. The van der Waals surface area contributed by atoms with Crippen LogP contribution < -0.4 is 4.80 Å². The molecule has 128 valence electrons. The average Bonchev–Trinajstić information content (AvgIpc) is 3.37. The number of hydrogen-bond donors (Lipinski definition) is 0. The Balaban J connectivity index is 1.85. The second-order valence-corrected chi connectivity index (χ2v) is 7.67. The quantitative estimate of drug-likeness (QED) is 0.544. The molecule has 0 amide bonds. The van der Waals surface area contributed by atoms with Gasteiger partial charge in [0, 0.05) is 11.4 Å². The summed E-state index contributed by atoms with van der Waals surface area (Å²) in [7, 11) is 0. The summed E-state index contributed by atoms with van der Waals surface area (Å²) in [5.74, 6) is 0.235. The Morgan fingerprint density at radius 1 is 1.08 bits per heavy atom. The van der Waals surface area contributed by atoms with E-state index in [-0.39, 0.29) is 5.82 Å². The van der Waals surface area contributed by atoms with Gasteiger partial charge in [-0.3, -0.25) is 0 Å². The van der Waals surface area contributed by atoms with E-state index in [1.807, 2.05) is 18.2 Å². The van der Waals surface area contributed by atoms with E-state index in [1.54, 1.807) is 11.3 Å². The summed E-state index contributed by atoms with van der Waals surface area (Å²) in [6.45, 7) is 4.39. The zero-order chi connectivity index (χ0) is 17.4. The lowest BCUT2D eigenvalue weighted by Gasteiger charge is -2.10. The van der Waals surface area contributed by atoms with Crippen LogP contribution in [0.25, 0.3) is 11.3 Å². The van der Waals surface area contributed by atoms with Crippen molar-refractivity contribution >= 4 is 17.0 Å². The number of aromatic nitrogens is 1. The van der Waals surface area contributed by atoms with E-state index >= 15 is 0 Å². The van der Waals surface area contributed by atoms with E-state index in [2.05, 4.69) is 42.0 Å². The second-order valence-electron chi connectivity index (χ2n) is 6.84. The molecule has 0 saturated heterocycles. The molecule has 0 N–H and O–H groups in total. The van der Waals surface area contributed by atoms with Crippen molar-refractivity contribution in [3.8, 4) is 11.3 Å². The Labute approximate surface area is 151 Å². The Morgan fingerprint density at radius 3 is 2.48 bits per heavy atom. The van der Waals surface area contributed by atoms with Crippen LogP contribution in [0.1, 0.15) is 44.2 Å². The molecule has 0 unspecified atom stereocenters. The maximum Gasteiger partial charge on any atom is 0.190 e. The number of hydrogen-bond acceptors (Lipinski definition) is 2. The highest BCUT2D eigenvalue weighted by molar-refractivity contribution is 7.07. The highest BCUT2D eigenvalue weighted by Crippen LogP contribution is 2.38. The van der Waals surface area contributed by atoms with Gasteiger partial charge < -0.3 is 4.57 Å². The number of halogens is 1. The van der Waals surface area contributed by atoms with Gasteiger partial charge in [0.05, 0.1) is 11.4 Å². The lowest BCUT2D eigenvalue weighted by atomic mass is 10.0. The number of nitrogens with zero attached hydrogens (tertiary/aromatic N) is 2. The predicted octanol–water partition coefficient (Wildman–Crippen LogP) is 6.05. The molecule has 3 aromatic rings. The number of thiazole rings is 1. The highest BCUT2D eigenvalue weighted by Gasteiger charge is 2.27. The summed E-state index contributed by atoms with van der Waals surface area (Å²) in [6, 6.07) is 15.6. The fraction of sp³-hybridized carbons (Fsp3) is 0.286. The zero-order valence-corrected chi connectivity index (χ0v) is 15.3. The Kier molecular flexibility index (Phi) is 4.30. The number of para-hydroxylation sites is 1. The molecule has 0 spiro atoms. The van der Waals surface area contributed by atoms with Gasteiger partial charge >= 0.3 is 0 Å². The lowest BCUT2D eigenvalue weighted by molar-refractivity contribution is 0.628. The van der Waals surface area contributed by atoms with Crippen molar-refractivity contribution in [3.05, 3.63) is 70.1 Å². The molecule has 2 aromatic carbocycles. The van der Waals surface area contributed by atoms with E-state index < -0.39 is 0 Å². The molecule has 4 rings (SSSR count). The van der Waals surface area contributed by atoms with E-state index in [0.717, 1.165) is 21.7 Å². The maximum atomic E-state index is 13.3. The topological polar surface area (TPSA) is 17.3 Å². The molecule has 1 aliphatic rings. The summed E-state index contributed by atoms with van der Waals surface area (Å²) < 4.78 is 15.6. The molecule has 0 aliphatic heterocycles. The van der Waals surface area contributed by atoms with Crippen LogP contribution >= 0.6 is 11.3 Å². The molecule has 1 heterocycles. The normalized spacial score (nSPS) is 15.1. The van der Waals surface area contributed by atoms with Crippen LogP contribution in [0.15, 0.2) is 58.9 Å². The van der Waals surface area contributed by atoms with Gasteiger partial charge in [-0.25, -0.2) is 9.38 Å². The van der Waals surface area contributed by atoms with Gasteiger partial charge in [-0.15, -0.1) is 11.3 Å². The van der Waals surface area contributed by atoms with Crippen LogP contribution in [0.5, 0.6) is 0 Å². The van der Waals surface area contributed by atoms with E-state index in [1.165, 1.54) is 30.5 Å². The molecule has 0 radical (unpaired) electrons. The molecule has 0 atom stereocenters. The monoisotopic (exact) mass is 352 g/mol. The minimum atomic E-state index is -0.201. The number of benzene rings is 2. The van der Waals surface area contributed by atoms with Crippen LogP contribution in [-0.2, 0) is 0 Å². The predicted molar refractivity (Wildman–Crippen MR) is 102 cm³/mol. The van der Waals surface area contributed by atoms with Crippen LogP contribution in [0.3, 0.4) is 0 Å². The highest BCUT2D eigenvalue weighted by atomic mass is 32.1. The maximum absolute atomic E-state index is 13.3. The van der Waals surface area contributed by atoms with Crippen molar-refractivity contribution in [3.63, 3.8) is 0 Å². The van der Waals surface area contributed by atoms with Crippen molar-refractivity contribution in [1.82, 2.24) is 4.57 Å². The van der Waals surface area contributed by atoms with Crippen molar-refractivity contribution in [2.24, 2.45) is 4.99 Å². The molecule has 1 saturated carbocycles. The first-order valence-electron chi connectivity index (χ1n) is 8.73. The molecule has 1 fully saturated rings. The third-order valence-corrected chi connectivity index (χ3v) is 5.41. The Bertz CT molecular complexity index is 947. The van der Waals surface area contributed by atoms with Gasteiger partial charge in [0.2, 0.25) is 0 Å². The molecule has 1 aliphatic carbocycles. The smallest absolute Gasteiger partial charge is 0.190 e. The molecule has 25 heavy (non-hydrogen) atoms. The zero-order valence-electron chi connectivity index (χ0n) is 14.4. The van der Waals surface area contributed by atoms with Crippen molar-refractivity contribution in [2.45, 2.75) is 38.6 Å². The molecular formula is C21H21FN2S. The first kappa shape index (κ1) is 16.3. The SMILES string of the molecule is CC(C)c1ccccc1N=c1scc(-c2ccc(F)cc2)n1C1CC1. The van der Waals surface area contributed by atoms with Crippen molar-refractivity contribution in [1.29, 1.82) is 0 Å². The van der Waals surface area contributed by atoms with Gasteiger partial charge in [-0.2, -0.15) is 0 Å². The Hall–Kier alpha value is -2.20. The minimum absolute atomic E-state index is 0.201. The van der Waals surface area contributed by atoms with Gasteiger partial charge in [0.15, 0.2) is 4.80 Å². The molecule has 2 nitrogen and oxygen atoms in total. The lowest BCUT2D eigenvalue weighted by Crippen LogP contribution is -2.14. The summed E-state index contributed by atoms with van der Waals surface area (Å²) in [6.07, 6.45) is 2.37. The van der Waals surface area contributed by atoms with Crippen molar-refractivity contribution in [2.75, 3.05) is 0 Å². The van der Waals surface area contributed by atoms with E-state index in [9.17, 15) is 4.39 Å². The molecule has 4 heteroatoms. The van der Waals surface area contributed by atoms with Gasteiger partial charge in [0.25, 0.3) is 0 Å². The summed E-state index contributed by atoms with van der Waals surface area (Å²) in [5.41, 5.74) is 4.48. The van der Waals surface area contributed by atoms with Gasteiger partial charge in [-0.1, -0.05) is 32.0 Å². The Morgan fingerprint density at radius 2 is 1.80 bits per heavy atom. The first-order valence-corrected chi connectivity index (χ1v) is 9.61. The average molecular weight is 352 g/mol. The van der Waals surface area contributed by atoms with E-state index in [0.29, 0.717) is 12.0 Å². The van der Waals surface area contributed by atoms with Gasteiger partial charge in [0.1, 0.15) is 5.82 Å². The summed E-state index contributed by atoms with van der Waals surface area (Å²) in [5, 5.41) is 2.14. The third kappa shape index (κ3) is 3.31. The fourth-order valence-corrected chi connectivity index (χ4v) is 4.08. The second kappa shape index (κ2) is 6.60. The van der Waals surface area contributed by atoms with Crippen LogP contribution in [-0.4, -0.2) is 4.57 Å². The first-order chi connectivity index (χ1) is 12.1. The fourth-order valence-electron chi connectivity index (χ4n) is 3.10. The van der Waals surface area contributed by atoms with E-state index in [4.69, 9.17) is 4.99 Å². The standard InChI is InChI=1S/C21H21FN2S/c1-14(2)18-5-3-4-6-19(18)23-21-24(17-11-12-17)20(13-25-21)15-7-9-16(22)10-8-15/h3-10,13-14,17H,11-12H2,1-2H3. The third-order valence-electron chi connectivity index (χ3n) is 4.57. The van der Waals surface area contributed by atoms with Crippen molar-refractivity contribution < 1.29 is 4.39 Å². The molecular weight excluding hydrogens is 331 g/mol. The van der Waals surface area contributed by atoms with Gasteiger partial charge in [-0.05, 0) is 60.2 Å². The number of rotatable bonds is 4. The largest absolute Gasteiger partial charge is 0.313 e. The van der Waals surface area contributed by atoms with Crippen LogP contribution in [0.4, 0.5) is 10.1 Å². The molecule has 0 bridgehead atoms. The van der Waals surface area contributed by atoms with Crippen LogP contribution in [0.2, 0.25) is 0 Å². The summed E-state index contributed by atoms with van der Waals surface area (Å²) in [4.78, 5) is 6.02.